The van der Waals surface area contributed by atoms with Crippen molar-refractivity contribution in [2.75, 3.05) is 19.8 Å². The van der Waals surface area contributed by atoms with E-state index in [-0.39, 0.29) is 19.8 Å². The molecule has 6 heteroatoms. The van der Waals surface area contributed by atoms with Crippen molar-refractivity contribution < 1.29 is 28.6 Å². The molecule has 0 radical (unpaired) electrons. The summed E-state index contributed by atoms with van der Waals surface area (Å²) in [7, 11) is 0. The van der Waals surface area contributed by atoms with Gasteiger partial charge in [-0.15, -0.1) is 0 Å². The van der Waals surface area contributed by atoms with E-state index in [1.807, 2.05) is 0 Å². The summed E-state index contributed by atoms with van der Waals surface area (Å²) >= 11 is 0. The van der Waals surface area contributed by atoms with E-state index in [2.05, 4.69) is 26.1 Å². The first kappa shape index (κ1) is 14.0. The van der Waals surface area contributed by atoms with Crippen molar-refractivity contribution in [2.45, 2.75) is 13.8 Å². The Kier molecular flexibility index (Phi) is 7.24. The summed E-state index contributed by atoms with van der Waals surface area (Å²) in [5, 5.41) is 0. The smallest absolute Gasteiger partial charge is 0.418 e. The molecule has 0 rings (SSSR count). The minimum atomic E-state index is -1.14. The molecule has 0 aliphatic rings. The molecule has 0 aliphatic heterocycles. The van der Waals surface area contributed by atoms with Gasteiger partial charge in [-0.1, -0.05) is 0 Å². The van der Waals surface area contributed by atoms with Crippen molar-refractivity contribution in [1.29, 1.82) is 0 Å². The first-order chi connectivity index (χ1) is 7.61. The lowest BCUT2D eigenvalue weighted by molar-refractivity contribution is -0.166. The fourth-order valence-electron chi connectivity index (χ4n) is 0.626. The molecule has 0 aliphatic carbocycles. The largest absolute Gasteiger partial charge is 0.458 e. The predicted octanol–water partition coefficient (Wildman–Crippen LogP) is -0.341. The average Bonchev–Trinajstić information content (AvgIpc) is 2.24. The zero-order chi connectivity index (χ0) is 12.4. The van der Waals surface area contributed by atoms with Gasteiger partial charge in [0.25, 0.3) is 0 Å². The van der Waals surface area contributed by atoms with Gasteiger partial charge >= 0.3 is 17.9 Å². The number of hydrogen-bond acceptors (Lipinski definition) is 6. The third kappa shape index (κ3) is 6.43. The molecule has 0 N–H and O–H groups in total. The van der Waals surface area contributed by atoms with Crippen LogP contribution in [-0.4, -0.2) is 37.7 Å². The number of rotatable bonds is 3. The summed E-state index contributed by atoms with van der Waals surface area (Å²) in [4.78, 5) is 32.3. The summed E-state index contributed by atoms with van der Waals surface area (Å²) in [6.07, 6.45) is 0. The van der Waals surface area contributed by atoms with Gasteiger partial charge in [0.05, 0.1) is 13.2 Å². The zero-order valence-electron chi connectivity index (χ0n) is 9.07. The molecule has 0 unspecified atom stereocenters. The molecule has 0 amide bonds. The first-order valence-electron chi connectivity index (χ1n) is 4.61. The van der Waals surface area contributed by atoms with Crippen molar-refractivity contribution in [3.05, 3.63) is 0 Å². The Morgan fingerprint density at radius 1 is 0.938 bits per heavy atom. The molecule has 0 atom stereocenters. The van der Waals surface area contributed by atoms with Gasteiger partial charge in [-0.3, -0.25) is 0 Å². The molecule has 0 bridgehead atoms. The average molecular weight is 228 g/mol. The Morgan fingerprint density at radius 2 is 1.50 bits per heavy atom. The van der Waals surface area contributed by atoms with Crippen molar-refractivity contribution >= 4 is 17.9 Å². The quantitative estimate of drug-likeness (QED) is 0.216. The highest BCUT2D eigenvalue weighted by atomic mass is 16.6. The summed E-state index contributed by atoms with van der Waals surface area (Å²) < 4.78 is 13.2. The van der Waals surface area contributed by atoms with Crippen LogP contribution in [0.15, 0.2) is 0 Å². The van der Waals surface area contributed by atoms with Gasteiger partial charge in [-0.2, -0.15) is 0 Å². The normalized spacial score (nSPS) is 8.38. The van der Waals surface area contributed by atoms with E-state index in [9.17, 15) is 14.4 Å². The van der Waals surface area contributed by atoms with E-state index in [1.54, 1.807) is 13.8 Å². The van der Waals surface area contributed by atoms with E-state index in [0.717, 1.165) is 0 Å². The molecule has 0 aromatic heterocycles. The van der Waals surface area contributed by atoms with E-state index in [4.69, 9.17) is 0 Å². The van der Waals surface area contributed by atoms with Crippen LogP contribution in [0.25, 0.3) is 0 Å². The van der Waals surface area contributed by atoms with Crippen LogP contribution in [0.1, 0.15) is 13.8 Å². The number of carbonyl (C=O) groups excluding carboxylic acids is 3. The van der Waals surface area contributed by atoms with Gasteiger partial charge in [0.15, 0.2) is 6.61 Å². The van der Waals surface area contributed by atoms with E-state index < -0.39 is 17.9 Å². The number of carbonyl (C=O) groups is 3. The highest BCUT2D eigenvalue weighted by Crippen LogP contribution is 1.84. The number of hydrogen-bond donors (Lipinski definition) is 0. The van der Waals surface area contributed by atoms with Crippen molar-refractivity contribution in [3.63, 3.8) is 0 Å². The van der Waals surface area contributed by atoms with Gasteiger partial charge in [0, 0.05) is 5.92 Å². The van der Waals surface area contributed by atoms with Crippen LogP contribution in [-0.2, 0) is 28.6 Å². The van der Waals surface area contributed by atoms with E-state index >= 15 is 0 Å². The standard InChI is InChI=1S/C10H12O6/c1-3-14-8(11)6-5-7-16-10(13)9(12)15-4-2/h3-4,7H2,1-2H3. The van der Waals surface area contributed by atoms with Gasteiger partial charge in [0.2, 0.25) is 0 Å². The SMILES string of the molecule is CCOC(=O)C#CCOC(=O)C(=O)OCC. The highest BCUT2D eigenvalue weighted by molar-refractivity contribution is 6.29. The highest BCUT2D eigenvalue weighted by Gasteiger charge is 2.15. The topological polar surface area (TPSA) is 78.9 Å². The number of esters is 3. The second-order valence-electron chi connectivity index (χ2n) is 2.32. The second-order valence-corrected chi connectivity index (χ2v) is 2.32. The van der Waals surface area contributed by atoms with Crippen LogP contribution < -0.4 is 0 Å². The fraction of sp³-hybridized carbons (Fsp3) is 0.500. The maximum Gasteiger partial charge on any atom is 0.418 e. The first-order valence-corrected chi connectivity index (χ1v) is 4.61. The number of ether oxygens (including phenoxy) is 3. The molecule has 0 aromatic carbocycles. The molecule has 0 spiro atoms. The molecule has 0 aromatic rings. The molecule has 16 heavy (non-hydrogen) atoms. The monoisotopic (exact) mass is 228 g/mol. The lowest BCUT2D eigenvalue weighted by Gasteiger charge is -1.99. The third-order valence-electron chi connectivity index (χ3n) is 1.18. The fourth-order valence-corrected chi connectivity index (χ4v) is 0.626. The van der Waals surface area contributed by atoms with Crippen LogP contribution in [0, 0.1) is 11.8 Å². The molecule has 88 valence electrons. The van der Waals surface area contributed by atoms with Crippen molar-refractivity contribution in [1.82, 2.24) is 0 Å². The summed E-state index contributed by atoms with van der Waals surface area (Å²) in [6, 6.07) is 0. The Morgan fingerprint density at radius 3 is 2.06 bits per heavy atom. The van der Waals surface area contributed by atoms with Gasteiger partial charge < -0.3 is 14.2 Å². The minimum Gasteiger partial charge on any atom is -0.458 e. The maximum absolute atomic E-state index is 10.8. The molecule has 0 fully saturated rings. The Bertz CT molecular complexity index is 322. The Labute approximate surface area is 92.8 Å². The lowest BCUT2D eigenvalue weighted by Crippen LogP contribution is -2.20. The van der Waals surface area contributed by atoms with Gasteiger partial charge in [-0.05, 0) is 19.8 Å². The van der Waals surface area contributed by atoms with Gasteiger partial charge in [0.1, 0.15) is 0 Å². The maximum atomic E-state index is 10.8. The molecule has 0 saturated heterocycles. The van der Waals surface area contributed by atoms with Crippen LogP contribution in [0.2, 0.25) is 0 Å². The Balaban J connectivity index is 3.85. The van der Waals surface area contributed by atoms with Gasteiger partial charge in [-0.25, -0.2) is 14.4 Å². The Hall–Kier alpha value is -2.03. The van der Waals surface area contributed by atoms with Crippen molar-refractivity contribution in [3.8, 4) is 11.8 Å². The third-order valence-corrected chi connectivity index (χ3v) is 1.18. The molecular weight excluding hydrogens is 216 g/mol. The lowest BCUT2D eigenvalue weighted by atomic mass is 10.6. The van der Waals surface area contributed by atoms with E-state index in [0.29, 0.717) is 0 Å². The second kappa shape index (κ2) is 8.29. The van der Waals surface area contributed by atoms with Crippen LogP contribution in [0.4, 0.5) is 0 Å². The van der Waals surface area contributed by atoms with Crippen molar-refractivity contribution in [2.24, 2.45) is 0 Å². The summed E-state index contributed by atoms with van der Waals surface area (Å²) in [6.45, 7) is 3.14. The predicted molar refractivity (Wildman–Crippen MR) is 52.0 cm³/mol. The minimum absolute atomic E-state index is 0.0858. The molecule has 0 heterocycles. The molecule has 6 nitrogen and oxygen atoms in total. The molecular formula is C10H12O6. The van der Waals surface area contributed by atoms with Crippen LogP contribution in [0.3, 0.4) is 0 Å². The summed E-state index contributed by atoms with van der Waals surface area (Å²) in [5.74, 6) is 1.36. The summed E-state index contributed by atoms with van der Waals surface area (Å²) in [5.41, 5.74) is 0. The van der Waals surface area contributed by atoms with Crippen LogP contribution >= 0.6 is 0 Å². The molecule has 0 saturated carbocycles. The zero-order valence-corrected chi connectivity index (χ0v) is 9.07. The van der Waals surface area contributed by atoms with E-state index in [1.165, 1.54) is 0 Å². The van der Waals surface area contributed by atoms with Crippen LogP contribution in [0.5, 0.6) is 0 Å².